The van der Waals surface area contributed by atoms with Gasteiger partial charge in [-0.25, -0.2) is 0 Å². The minimum absolute atomic E-state index is 0.00433. The molecule has 2 N–H and O–H groups in total. The number of anilines is 1. The lowest BCUT2D eigenvalue weighted by Gasteiger charge is -2.23. The fourth-order valence-electron chi connectivity index (χ4n) is 1.87. The number of hydrogen-bond donors (Lipinski definition) is 2. The maximum Gasteiger partial charge on any atom is 0.239 e. The predicted molar refractivity (Wildman–Crippen MR) is 76.2 cm³/mol. The number of carbonyl (C=O) groups excluding carboxylic acids is 1. The van der Waals surface area contributed by atoms with Crippen LogP contribution in [0, 0.1) is 0 Å². The summed E-state index contributed by atoms with van der Waals surface area (Å²) < 4.78 is 0. The molecule has 1 amide bonds. The molecule has 4 nitrogen and oxygen atoms in total. The highest BCUT2D eigenvalue weighted by Crippen LogP contribution is 2.28. The van der Waals surface area contributed by atoms with Crippen LogP contribution in [0.3, 0.4) is 0 Å². The van der Waals surface area contributed by atoms with Crippen LogP contribution in [-0.4, -0.2) is 33.1 Å². The van der Waals surface area contributed by atoms with E-state index in [1.807, 2.05) is 44.1 Å². The van der Waals surface area contributed by atoms with E-state index in [1.165, 1.54) is 0 Å². The van der Waals surface area contributed by atoms with Crippen LogP contribution in [0.1, 0.15) is 12.5 Å². The van der Waals surface area contributed by atoms with Crippen molar-refractivity contribution in [2.45, 2.75) is 13.5 Å². The van der Waals surface area contributed by atoms with Gasteiger partial charge in [0.2, 0.25) is 5.91 Å². The first-order chi connectivity index (χ1) is 8.60. The third kappa shape index (κ3) is 3.89. The smallest absolute Gasteiger partial charge is 0.239 e. The molecular formula is C13H20ClN3O. The van der Waals surface area contributed by atoms with Crippen molar-refractivity contribution in [1.29, 1.82) is 0 Å². The van der Waals surface area contributed by atoms with E-state index in [-0.39, 0.29) is 5.91 Å². The fraction of sp³-hybridized carbons (Fsp3) is 0.462. The molecule has 5 heteroatoms. The van der Waals surface area contributed by atoms with E-state index in [4.69, 9.17) is 11.6 Å². The Balaban J connectivity index is 2.89. The van der Waals surface area contributed by atoms with Gasteiger partial charge in [0, 0.05) is 20.1 Å². The average molecular weight is 270 g/mol. The Morgan fingerprint density at radius 1 is 1.44 bits per heavy atom. The zero-order chi connectivity index (χ0) is 13.5. The Hall–Kier alpha value is -1.26. The topological polar surface area (TPSA) is 44.4 Å². The third-order valence-corrected chi connectivity index (χ3v) is 2.88. The van der Waals surface area contributed by atoms with Crippen LogP contribution in [0.25, 0.3) is 0 Å². The van der Waals surface area contributed by atoms with Gasteiger partial charge < -0.3 is 15.5 Å². The van der Waals surface area contributed by atoms with Crippen LogP contribution in [0.4, 0.5) is 5.69 Å². The van der Waals surface area contributed by atoms with E-state index in [2.05, 4.69) is 10.6 Å². The number of rotatable bonds is 6. The summed E-state index contributed by atoms with van der Waals surface area (Å²) in [6, 6.07) is 5.76. The van der Waals surface area contributed by atoms with Crippen molar-refractivity contribution >= 4 is 23.2 Å². The largest absolute Gasteiger partial charge is 0.364 e. The second-order valence-corrected chi connectivity index (χ2v) is 4.49. The third-order valence-electron chi connectivity index (χ3n) is 2.57. The lowest BCUT2D eigenvalue weighted by atomic mass is 10.1. The number of halogens is 1. The van der Waals surface area contributed by atoms with Crippen molar-refractivity contribution in [3.05, 3.63) is 28.8 Å². The summed E-state index contributed by atoms with van der Waals surface area (Å²) in [5.41, 5.74) is 1.98. The van der Waals surface area contributed by atoms with Gasteiger partial charge in [0.05, 0.1) is 17.3 Å². The van der Waals surface area contributed by atoms with E-state index < -0.39 is 0 Å². The standard InChI is InChI=1S/C13H20ClN3O/c1-4-16-12(18)9-17(3)13-10(8-15-2)6-5-7-11(13)14/h5-7,15H,4,8-9H2,1-3H3,(H,16,18). The molecule has 1 aromatic rings. The van der Waals surface area contributed by atoms with E-state index >= 15 is 0 Å². The maximum absolute atomic E-state index is 11.6. The molecule has 0 aliphatic rings. The van der Waals surface area contributed by atoms with Crippen LogP contribution in [0.5, 0.6) is 0 Å². The number of nitrogens with zero attached hydrogens (tertiary/aromatic N) is 1. The molecule has 0 atom stereocenters. The van der Waals surface area contributed by atoms with Crippen molar-refractivity contribution in [1.82, 2.24) is 10.6 Å². The van der Waals surface area contributed by atoms with Crippen molar-refractivity contribution in [2.24, 2.45) is 0 Å². The summed E-state index contributed by atoms with van der Waals surface area (Å²) in [5.74, 6) is -0.00433. The van der Waals surface area contributed by atoms with E-state index in [0.717, 1.165) is 17.8 Å². The first-order valence-corrected chi connectivity index (χ1v) is 6.37. The Morgan fingerprint density at radius 2 is 2.17 bits per heavy atom. The number of para-hydroxylation sites is 1. The summed E-state index contributed by atoms with van der Waals surface area (Å²) in [7, 11) is 3.75. The van der Waals surface area contributed by atoms with Crippen molar-refractivity contribution in [3.63, 3.8) is 0 Å². The van der Waals surface area contributed by atoms with Gasteiger partial charge in [-0.2, -0.15) is 0 Å². The van der Waals surface area contributed by atoms with Gasteiger partial charge in [0.15, 0.2) is 0 Å². The molecule has 0 heterocycles. The highest BCUT2D eigenvalue weighted by Gasteiger charge is 2.13. The number of nitrogens with one attached hydrogen (secondary N) is 2. The van der Waals surface area contributed by atoms with Gasteiger partial charge in [0.25, 0.3) is 0 Å². The lowest BCUT2D eigenvalue weighted by molar-refractivity contribution is -0.119. The highest BCUT2D eigenvalue weighted by atomic mass is 35.5. The first-order valence-electron chi connectivity index (χ1n) is 6.00. The number of likely N-dealkylation sites (N-methyl/N-ethyl adjacent to an activating group) is 2. The zero-order valence-corrected chi connectivity index (χ0v) is 11.8. The lowest BCUT2D eigenvalue weighted by Crippen LogP contribution is -2.35. The molecule has 0 aliphatic carbocycles. The number of carbonyl (C=O) groups is 1. The van der Waals surface area contributed by atoms with Gasteiger partial charge in [-0.1, -0.05) is 23.7 Å². The second kappa shape index (κ2) is 7.24. The molecule has 100 valence electrons. The Morgan fingerprint density at radius 3 is 2.78 bits per heavy atom. The Kier molecular flexibility index (Phi) is 5.95. The first kappa shape index (κ1) is 14.8. The molecule has 0 aromatic heterocycles. The summed E-state index contributed by atoms with van der Waals surface area (Å²) in [4.78, 5) is 13.5. The highest BCUT2D eigenvalue weighted by molar-refractivity contribution is 6.33. The fourth-order valence-corrected chi connectivity index (χ4v) is 2.21. The zero-order valence-electron chi connectivity index (χ0n) is 11.1. The van der Waals surface area contributed by atoms with Gasteiger partial charge in [-0.3, -0.25) is 4.79 Å². The van der Waals surface area contributed by atoms with E-state index in [0.29, 0.717) is 18.1 Å². The van der Waals surface area contributed by atoms with E-state index in [9.17, 15) is 4.79 Å². The molecule has 0 spiro atoms. The van der Waals surface area contributed by atoms with Gasteiger partial charge >= 0.3 is 0 Å². The Labute approximate surface area is 113 Å². The number of amides is 1. The summed E-state index contributed by atoms with van der Waals surface area (Å²) in [6.45, 7) is 3.56. The Bertz CT molecular complexity index is 409. The summed E-state index contributed by atoms with van der Waals surface area (Å²) in [6.07, 6.45) is 0. The maximum atomic E-state index is 11.6. The predicted octanol–water partition coefficient (Wildman–Crippen LogP) is 1.63. The van der Waals surface area contributed by atoms with Crippen LogP contribution in [-0.2, 0) is 11.3 Å². The van der Waals surface area contributed by atoms with Crippen LogP contribution >= 0.6 is 11.6 Å². The SMILES string of the molecule is CCNC(=O)CN(C)c1c(Cl)cccc1CNC. The van der Waals surface area contributed by atoms with Gasteiger partial charge in [-0.05, 0) is 25.6 Å². The van der Waals surface area contributed by atoms with Crippen LogP contribution in [0.15, 0.2) is 18.2 Å². The van der Waals surface area contributed by atoms with E-state index in [1.54, 1.807) is 0 Å². The van der Waals surface area contributed by atoms with Gasteiger partial charge in [0.1, 0.15) is 0 Å². The van der Waals surface area contributed by atoms with Crippen LogP contribution < -0.4 is 15.5 Å². The summed E-state index contributed by atoms with van der Waals surface area (Å²) >= 11 is 6.22. The molecule has 0 aliphatic heterocycles. The molecule has 0 fully saturated rings. The molecule has 0 bridgehead atoms. The molecule has 0 unspecified atom stereocenters. The van der Waals surface area contributed by atoms with Crippen molar-refractivity contribution < 1.29 is 4.79 Å². The second-order valence-electron chi connectivity index (χ2n) is 4.09. The number of benzene rings is 1. The number of hydrogen-bond acceptors (Lipinski definition) is 3. The molecule has 1 aromatic carbocycles. The molecule has 18 heavy (non-hydrogen) atoms. The molecular weight excluding hydrogens is 250 g/mol. The normalized spacial score (nSPS) is 10.2. The summed E-state index contributed by atoms with van der Waals surface area (Å²) in [5, 5.41) is 6.54. The van der Waals surface area contributed by atoms with Crippen LogP contribution in [0.2, 0.25) is 5.02 Å². The molecule has 0 saturated heterocycles. The average Bonchev–Trinajstić information content (AvgIpc) is 2.29. The molecule has 0 saturated carbocycles. The monoisotopic (exact) mass is 269 g/mol. The minimum atomic E-state index is -0.00433. The molecule has 1 rings (SSSR count). The van der Waals surface area contributed by atoms with Crippen molar-refractivity contribution in [2.75, 3.05) is 32.1 Å². The van der Waals surface area contributed by atoms with Gasteiger partial charge in [-0.15, -0.1) is 0 Å². The molecule has 0 radical (unpaired) electrons. The quantitative estimate of drug-likeness (QED) is 0.825. The van der Waals surface area contributed by atoms with Crippen molar-refractivity contribution in [3.8, 4) is 0 Å². The minimum Gasteiger partial charge on any atom is -0.364 e.